The second kappa shape index (κ2) is 6.37. The number of aliphatic hydroxyl groups excluding tert-OH is 1. The van der Waals surface area contributed by atoms with Crippen molar-refractivity contribution in [2.45, 2.75) is 51.0 Å². The molecule has 3 nitrogen and oxygen atoms in total. The van der Waals surface area contributed by atoms with Gasteiger partial charge in [-0.1, -0.05) is 19.3 Å². The van der Waals surface area contributed by atoms with Crippen molar-refractivity contribution in [3.05, 3.63) is 20.8 Å². The maximum Gasteiger partial charge on any atom is 0.303 e. The summed E-state index contributed by atoms with van der Waals surface area (Å²) < 4.78 is 0.922. The first-order valence-corrected chi connectivity index (χ1v) is 8.32. The quantitative estimate of drug-likeness (QED) is 0.832. The Bertz CT molecular complexity index is 438. The number of hydrogen-bond donors (Lipinski definition) is 2. The minimum absolute atomic E-state index is 0.174. The Morgan fingerprint density at radius 1 is 1.42 bits per heavy atom. The molecule has 0 aliphatic heterocycles. The number of aliphatic hydroxyl groups is 1. The Labute approximate surface area is 125 Å². The Hall–Kier alpha value is -0.390. The normalized spacial score (nSPS) is 20.1. The van der Waals surface area contributed by atoms with Crippen molar-refractivity contribution in [2.24, 2.45) is 5.41 Å². The number of carbonyl (C=O) groups is 1. The fraction of sp³-hybridized carbons (Fsp3) is 0.643. The first-order chi connectivity index (χ1) is 9.02. The van der Waals surface area contributed by atoms with E-state index in [-0.39, 0.29) is 11.8 Å². The number of carboxylic acid groups (broad SMARTS) is 1. The highest BCUT2D eigenvalue weighted by molar-refractivity contribution is 9.10. The van der Waals surface area contributed by atoms with Crippen LogP contribution in [0.25, 0.3) is 0 Å². The lowest BCUT2D eigenvalue weighted by molar-refractivity contribution is -0.141. The van der Waals surface area contributed by atoms with E-state index in [1.54, 1.807) is 0 Å². The van der Waals surface area contributed by atoms with Crippen molar-refractivity contribution in [3.63, 3.8) is 0 Å². The smallest absolute Gasteiger partial charge is 0.303 e. The molecule has 1 heterocycles. The largest absolute Gasteiger partial charge is 0.481 e. The van der Waals surface area contributed by atoms with Crippen molar-refractivity contribution in [1.29, 1.82) is 0 Å². The van der Waals surface area contributed by atoms with E-state index in [1.807, 2.05) is 11.4 Å². The highest BCUT2D eigenvalue weighted by Gasteiger charge is 2.37. The van der Waals surface area contributed by atoms with Gasteiger partial charge in [-0.15, -0.1) is 11.3 Å². The third kappa shape index (κ3) is 3.80. The van der Waals surface area contributed by atoms with Gasteiger partial charge in [-0.25, -0.2) is 0 Å². The topological polar surface area (TPSA) is 57.5 Å². The highest BCUT2D eigenvalue weighted by Crippen LogP contribution is 2.47. The molecule has 1 atom stereocenters. The van der Waals surface area contributed by atoms with Gasteiger partial charge in [0, 0.05) is 9.35 Å². The van der Waals surface area contributed by atoms with Crippen LogP contribution in [0, 0.1) is 5.41 Å². The van der Waals surface area contributed by atoms with Crippen molar-refractivity contribution in [1.82, 2.24) is 0 Å². The highest BCUT2D eigenvalue weighted by atomic mass is 79.9. The van der Waals surface area contributed by atoms with Crippen LogP contribution in [0.15, 0.2) is 15.9 Å². The number of halogens is 1. The van der Waals surface area contributed by atoms with Crippen molar-refractivity contribution < 1.29 is 15.0 Å². The van der Waals surface area contributed by atoms with Gasteiger partial charge in [0.15, 0.2) is 0 Å². The first-order valence-electron chi connectivity index (χ1n) is 6.65. The lowest BCUT2D eigenvalue weighted by Gasteiger charge is -2.37. The fourth-order valence-corrected chi connectivity index (χ4v) is 4.75. The maximum absolute atomic E-state index is 11.1. The molecule has 0 bridgehead atoms. The molecule has 2 N–H and O–H groups in total. The molecule has 0 radical (unpaired) electrons. The zero-order chi connectivity index (χ0) is 13.9. The van der Waals surface area contributed by atoms with Crippen molar-refractivity contribution >= 4 is 33.2 Å². The summed E-state index contributed by atoms with van der Waals surface area (Å²) >= 11 is 4.95. The third-order valence-electron chi connectivity index (χ3n) is 4.01. The van der Waals surface area contributed by atoms with E-state index in [1.165, 1.54) is 17.8 Å². The van der Waals surface area contributed by atoms with Crippen LogP contribution in [-0.4, -0.2) is 16.2 Å². The molecule has 106 valence electrons. The van der Waals surface area contributed by atoms with E-state index in [4.69, 9.17) is 5.11 Å². The second-order valence-electron chi connectivity index (χ2n) is 5.48. The average Bonchev–Trinajstić information content (AvgIpc) is 2.75. The van der Waals surface area contributed by atoms with Gasteiger partial charge >= 0.3 is 5.97 Å². The average molecular weight is 347 g/mol. The summed E-state index contributed by atoms with van der Waals surface area (Å²) in [6.07, 6.45) is 5.33. The summed E-state index contributed by atoms with van der Waals surface area (Å²) in [5, 5.41) is 21.5. The molecule has 1 saturated carbocycles. The molecule has 1 aliphatic rings. The van der Waals surface area contributed by atoms with Gasteiger partial charge in [0.1, 0.15) is 0 Å². The van der Waals surface area contributed by atoms with Crippen LogP contribution in [0.5, 0.6) is 0 Å². The molecule has 2 rings (SSSR count). The van der Waals surface area contributed by atoms with Crippen molar-refractivity contribution in [3.8, 4) is 0 Å². The van der Waals surface area contributed by atoms with Crippen LogP contribution in [0.3, 0.4) is 0 Å². The monoisotopic (exact) mass is 346 g/mol. The third-order valence-corrected chi connectivity index (χ3v) is 5.99. The molecule has 1 aliphatic carbocycles. The Morgan fingerprint density at radius 2 is 2.11 bits per heavy atom. The zero-order valence-corrected chi connectivity index (χ0v) is 13.2. The molecular weight excluding hydrogens is 328 g/mol. The summed E-state index contributed by atoms with van der Waals surface area (Å²) in [7, 11) is 0. The molecule has 0 amide bonds. The molecule has 19 heavy (non-hydrogen) atoms. The summed E-state index contributed by atoms with van der Waals surface area (Å²) in [4.78, 5) is 12.0. The molecule has 1 aromatic rings. The van der Waals surface area contributed by atoms with E-state index in [9.17, 15) is 9.90 Å². The molecule has 1 aromatic heterocycles. The summed E-state index contributed by atoms with van der Waals surface area (Å²) in [6, 6.07) is 1.92. The maximum atomic E-state index is 11.1. The number of hydrogen-bond acceptors (Lipinski definition) is 3. The lowest BCUT2D eigenvalue weighted by Crippen LogP contribution is -2.29. The van der Waals surface area contributed by atoms with Gasteiger partial charge in [0.25, 0.3) is 0 Å². The van der Waals surface area contributed by atoms with Crippen LogP contribution in [0.4, 0.5) is 0 Å². The summed E-state index contributed by atoms with van der Waals surface area (Å²) in [5.41, 5.74) is -0.229. The van der Waals surface area contributed by atoms with Crippen LogP contribution in [-0.2, 0) is 4.79 Å². The Balaban J connectivity index is 2.11. The van der Waals surface area contributed by atoms with Crippen LogP contribution >= 0.6 is 27.3 Å². The van der Waals surface area contributed by atoms with E-state index in [0.29, 0.717) is 6.42 Å². The predicted molar refractivity (Wildman–Crippen MR) is 79.4 cm³/mol. The van der Waals surface area contributed by atoms with Gasteiger partial charge in [-0.2, -0.15) is 0 Å². The fourth-order valence-electron chi connectivity index (χ4n) is 3.12. The van der Waals surface area contributed by atoms with Gasteiger partial charge in [0.2, 0.25) is 0 Å². The first kappa shape index (κ1) is 15.0. The van der Waals surface area contributed by atoms with Crippen LogP contribution < -0.4 is 0 Å². The molecule has 0 spiro atoms. The zero-order valence-electron chi connectivity index (χ0n) is 10.8. The van der Waals surface area contributed by atoms with Gasteiger partial charge in [0.05, 0.1) is 12.5 Å². The van der Waals surface area contributed by atoms with Crippen LogP contribution in [0.1, 0.15) is 55.9 Å². The Morgan fingerprint density at radius 3 is 2.63 bits per heavy atom. The predicted octanol–water partition coefficient (Wildman–Crippen LogP) is 4.36. The Kier molecular flexibility index (Phi) is 5.03. The van der Waals surface area contributed by atoms with Gasteiger partial charge in [-0.3, -0.25) is 4.79 Å². The van der Waals surface area contributed by atoms with Gasteiger partial charge < -0.3 is 10.2 Å². The molecule has 0 saturated heterocycles. The number of carboxylic acids is 1. The molecule has 1 unspecified atom stereocenters. The van der Waals surface area contributed by atoms with Crippen molar-refractivity contribution in [2.75, 3.05) is 0 Å². The number of thiophene rings is 1. The standard InChI is InChI=1S/C14H19BrO3S/c15-10-4-7-19-13(10)11(16)8-14(9-12(17)18)5-2-1-3-6-14/h4,7,11,16H,1-3,5-6,8-9H2,(H,17,18). The van der Waals surface area contributed by atoms with E-state index >= 15 is 0 Å². The van der Waals surface area contributed by atoms with E-state index < -0.39 is 12.1 Å². The summed E-state index contributed by atoms with van der Waals surface area (Å²) in [6.45, 7) is 0. The van der Waals surface area contributed by atoms with E-state index in [0.717, 1.165) is 35.0 Å². The minimum atomic E-state index is -0.751. The summed E-state index contributed by atoms with van der Waals surface area (Å²) in [5.74, 6) is -0.751. The second-order valence-corrected chi connectivity index (χ2v) is 7.29. The van der Waals surface area contributed by atoms with Crippen LogP contribution in [0.2, 0.25) is 0 Å². The SMILES string of the molecule is O=C(O)CC1(CC(O)c2sccc2Br)CCCCC1. The number of rotatable bonds is 5. The van der Waals surface area contributed by atoms with Gasteiger partial charge in [-0.05, 0) is 52.1 Å². The minimum Gasteiger partial charge on any atom is -0.481 e. The van der Waals surface area contributed by atoms with E-state index in [2.05, 4.69) is 15.9 Å². The molecular formula is C14H19BrO3S. The molecule has 0 aromatic carbocycles. The molecule has 5 heteroatoms. The molecule has 1 fully saturated rings. The lowest BCUT2D eigenvalue weighted by atomic mass is 9.68. The number of aliphatic carboxylic acids is 1.